The lowest BCUT2D eigenvalue weighted by atomic mass is 10.1. The molecule has 0 aliphatic heterocycles. The standard InChI is InChI=1S/C21H25N3O3/c1-23(2)11-12-24(15-17-7-5-16(14-22)6-8-17)21(25)19-10-9-18(26-3)13-20(19)27-4/h5-10,13H,11-12,15H2,1-4H3. The van der Waals surface area contributed by atoms with E-state index in [1.807, 2.05) is 31.1 Å². The molecule has 0 unspecified atom stereocenters. The fourth-order valence-corrected chi connectivity index (χ4v) is 2.62. The highest BCUT2D eigenvalue weighted by Gasteiger charge is 2.20. The van der Waals surface area contributed by atoms with Crippen molar-refractivity contribution < 1.29 is 14.3 Å². The highest BCUT2D eigenvalue weighted by Crippen LogP contribution is 2.26. The zero-order valence-electron chi connectivity index (χ0n) is 16.2. The minimum atomic E-state index is -0.110. The first-order valence-electron chi connectivity index (χ1n) is 8.63. The summed E-state index contributed by atoms with van der Waals surface area (Å²) in [6, 6.07) is 14.6. The number of benzene rings is 2. The number of carbonyl (C=O) groups excluding carboxylic acids is 1. The van der Waals surface area contributed by atoms with Crippen LogP contribution in [-0.2, 0) is 6.54 Å². The maximum absolute atomic E-state index is 13.2. The Labute approximate surface area is 160 Å². The predicted octanol–water partition coefficient (Wildman–Crippen LogP) is 2.78. The zero-order chi connectivity index (χ0) is 19.8. The van der Waals surface area contributed by atoms with Gasteiger partial charge in [0.2, 0.25) is 0 Å². The minimum absolute atomic E-state index is 0.110. The summed E-state index contributed by atoms with van der Waals surface area (Å²) in [5, 5.41) is 8.95. The molecule has 0 aliphatic rings. The molecule has 0 aromatic heterocycles. The van der Waals surface area contributed by atoms with E-state index >= 15 is 0 Å². The van der Waals surface area contributed by atoms with E-state index in [9.17, 15) is 4.79 Å². The number of ether oxygens (including phenoxy) is 2. The number of hydrogen-bond acceptors (Lipinski definition) is 5. The van der Waals surface area contributed by atoms with Gasteiger partial charge in [-0.05, 0) is 43.9 Å². The molecule has 0 saturated heterocycles. The molecule has 0 atom stereocenters. The van der Waals surface area contributed by atoms with E-state index < -0.39 is 0 Å². The molecule has 2 aromatic carbocycles. The summed E-state index contributed by atoms with van der Waals surface area (Å²) in [6.45, 7) is 1.76. The highest BCUT2D eigenvalue weighted by atomic mass is 16.5. The number of amides is 1. The van der Waals surface area contributed by atoms with Crippen LogP contribution in [0.25, 0.3) is 0 Å². The summed E-state index contributed by atoms with van der Waals surface area (Å²) in [4.78, 5) is 17.0. The first-order chi connectivity index (χ1) is 13.0. The second-order valence-electron chi connectivity index (χ2n) is 6.40. The van der Waals surface area contributed by atoms with Crippen LogP contribution in [0.3, 0.4) is 0 Å². The van der Waals surface area contributed by atoms with Crippen molar-refractivity contribution in [3.05, 3.63) is 59.2 Å². The predicted molar refractivity (Wildman–Crippen MR) is 104 cm³/mol. The van der Waals surface area contributed by atoms with Gasteiger partial charge in [-0.3, -0.25) is 4.79 Å². The maximum Gasteiger partial charge on any atom is 0.257 e. The van der Waals surface area contributed by atoms with Crippen LogP contribution in [0, 0.1) is 11.3 Å². The van der Waals surface area contributed by atoms with Crippen LogP contribution in [0.2, 0.25) is 0 Å². The van der Waals surface area contributed by atoms with E-state index in [0.29, 0.717) is 35.7 Å². The Morgan fingerprint density at radius 1 is 1.04 bits per heavy atom. The van der Waals surface area contributed by atoms with Crippen molar-refractivity contribution in [2.24, 2.45) is 0 Å². The van der Waals surface area contributed by atoms with Crippen LogP contribution in [0.4, 0.5) is 0 Å². The van der Waals surface area contributed by atoms with Gasteiger partial charge in [-0.25, -0.2) is 0 Å². The topological polar surface area (TPSA) is 65.8 Å². The van der Waals surface area contributed by atoms with Crippen molar-refractivity contribution in [2.45, 2.75) is 6.54 Å². The average Bonchev–Trinajstić information content (AvgIpc) is 2.70. The van der Waals surface area contributed by atoms with Crippen LogP contribution in [0.5, 0.6) is 11.5 Å². The first-order valence-corrected chi connectivity index (χ1v) is 8.63. The Hall–Kier alpha value is -3.04. The van der Waals surface area contributed by atoms with Crippen molar-refractivity contribution in [1.29, 1.82) is 5.26 Å². The van der Waals surface area contributed by atoms with Gasteiger partial charge in [0.05, 0.1) is 31.4 Å². The highest BCUT2D eigenvalue weighted by molar-refractivity contribution is 5.97. The van der Waals surface area contributed by atoms with Crippen molar-refractivity contribution in [3.63, 3.8) is 0 Å². The molecule has 0 bridgehead atoms. The Bertz CT molecular complexity index is 810. The van der Waals surface area contributed by atoms with E-state index in [1.54, 1.807) is 42.3 Å². The number of carbonyl (C=O) groups is 1. The summed E-state index contributed by atoms with van der Waals surface area (Å²) in [5.74, 6) is 1.00. The van der Waals surface area contributed by atoms with Gasteiger partial charge in [-0.1, -0.05) is 12.1 Å². The number of hydrogen-bond donors (Lipinski definition) is 0. The van der Waals surface area contributed by atoms with Gasteiger partial charge in [0, 0.05) is 25.7 Å². The lowest BCUT2D eigenvalue weighted by molar-refractivity contribution is 0.0728. The molecular formula is C21H25N3O3. The Morgan fingerprint density at radius 3 is 2.30 bits per heavy atom. The molecule has 0 fully saturated rings. The van der Waals surface area contributed by atoms with Crippen molar-refractivity contribution >= 4 is 5.91 Å². The minimum Gasteiger partial charge on any atom is -0.497 e. The van der Waals surface area contributed by atoms with Crippen LogP contribution in [0.15, 0.2) is 42.5 Å². The van der Waals surface area contributed by atoms with Crippen LogP contribution in [-0.4, -0.2) is 57.1 Å². The molecule has 6 nitrogen and oxygen atoms in total. The molecule has 0 radical (unpaired) electrons. The van der Waals surface area contributed by atoms with E-state index in [1.165, 1.54) is 7.11 Å². The fraction of sp³-hybridized carbons (Fsp3) is 0.333. The van der Waals surface area contributed by atoms with Crippen LogP contribution in [0.1, 0.15) is 21.5 Å². The fourth-order valence-electron chi connectivity index (χ4n) is 2.62. The van der Waals surface area contributed by atoms with Crippen molar-refractivity contribution in [3.8, 4) is 17.6 Å². The van der Waals surface area contributed by atoms with Gasteiger partial charge < -0.3 is 19.3 Å². The summed E-state index contributed by atoms with van der Waals surface area (Å²) < 4.78 is 10.6. The number of nitrogens with zero attached hydrogens (tertiary/aromatic N) is 3. The zero-order valence-corrected chi connectivity index (χ0v) is 16.2. The SMILES string of the molecule is COc1ccc(C(=O)N(CCN(C)C)Cc2ccc(C#N)cc2)c(OC)c1. The molecule has 27 heavy (non-hydrogen) atoms. The third-order valence-corrected chi connectivity index (χ3v) is 4.20. The van der Waals surface area contributed by atoms with E-state index in [0.717, 1.165) is 12.1 Å². The van der Waals surface area contributed by atoms with Gasteiger partial charge in [0.1, 0.15) is 11.5 Å². The summed E-state index contributed by atoms with van der Waals surface area (Å²) in [7, 11) is 7.05. The molecule has 2 aromatic rings. The van der Waals surface area contributed by atoms with Crippen LogP contribution >= 0.6 is 0 Å². The quantitative estimate of drug-likeness (QED) is 0.718. The number of likely N-dealkylation sites (N-methyl/N-ethyl adjacent to an activating group) is 1. The van der Waals surface area contributed by atoms with Crippen molar-refractivity contribution in [1.82, 2.24) is 9.80 Å². The van der Waals surface area contributed by atoms with Gasteiger partial charge in [0.25, 0.3) is 5.91 Å². The maximum atomic E-state index is 13.2. The molecule has 0 aliphatic carbocycles. The number of nitriles is 1. The summed E-state index contributed by atoms with van der Waals surface area (Å²) >= 11 is 0. The van der Waals surface area contributed by atoms with Gasteiger partial charge in [-0.15, -0.1) is 0 Å². The Kier molecular flexibility index (Phi) is 7.21. The van der Waals surface area contributed by atoms with Gasteiger partial charge in [-0.2, -0.15) is 5.26 Å². The molecule has 2 rings (SSSR count). The van der Waals surface area contributed by atoms with E-state index in [4.69, 9.17) is 14.7 Å². The smallest absolute Gasteiger partial charge is 0.257 e. The third-order valence-electron chi connectivity index (χ3n) is 4.20. The first kappa shape index (κ1) is 20.3. The average molecular weight is 367 g/mol. The molecule has 0 spiro atoms. The van der Waals surface area contributed by atoms with E-state index in [-0.39, 0.29) is 5.91 Å². The molecule has 6 heteroatoms. The molecule has 0 heterocycles. The summed E-state index contributed by atoms with van der Waals surface area (Å²) in [5.41, 5.74) is 2.06. The summed E-state index contributed by atoms with van der Waals surface area (Å²) in [6.07, 6.45) is 0. The second kappa shape index (κ2) is 9.60. The number of rotatable bonds is 8. The van der Waals surface area contributed by atoms with Gasteiger partial charge in [0.15, 0.2) is 0 Å². The molecule has 0 N–H and O–H groups in total. The monoisotopic (exact) mass is 367 g/mol. The molecule has 1 amide bonds. The Balaban J connectivity index is 2.29. The molecular weight excluding hydrogens is 342 g/mol. The van der Waals surface area contributed by atoms with Gasteiger partial charge >= 0.3 is 0 Å². The normalized spacial score (nSPS) is 10.4. The largest absolute Gasteiger partial charge is 0.497 e. The van der Waals surface area contributed by atoms with Crippen LogP contribution < -0.4 is 9.47 Å². The van der Waals surface area contributed by atoms with E-state index in [2.05, 4.69) is 6.07 Å². The third kappa shape index (κ3) is 5.47. The second-order valence-corrected chi connectivity index (χ2v) is 6.40. The Morgan fingerprint density at radius 2 is 1.74 bits per heavy atom. The molecule has 0 saturated carbocycles. The lowest BCUT2D eigenvalue weighted by Crippen LogP contribution is -2.36. The van der Waals surface area contributed by atoms with Crippen molar-refractivity contribution in [2.75, 3.05) is 41.4 Å². The lowest BCUT2D eigenvalue weighted by Gasteiger charge is -2.25. The number of methoxy groups -OCH3 is 2. The molecule has 142 valence electrons.